The molecule has 28 heavy (non-hydrogen) atoms. The van der Waals surface area contributed by atoms with Crippen LogP contribution in [-0.4, -0.2) is 22.8 Å². The number of amides is 2. The van der Waals surface area contributed by atoms with Crippen molar-refractivity contribution < 1.29 is 27.7 Å². The second kappa shape index (κ2) is 8.37. The molecule has 148 valence electrons. The molecule has 1 unspecified atom stereocenters. The van der Waals surface area contributed by atoms with E-state index in [9.17, 15) is 32.9 Å². The van der Waals surface area contributed by atoms with Crippen LogP contribution in [0.3, 0.4) is 0 Å². The normalized spacial score (nSPS) is 12.0. The third-order valence-corrected chi connectivity index (χ3v) is 3.62. The molecule has 0 aliphatic carbocycles. The number of hydrogen-bond acceptors (Lipinski definition) is 5. The average Bonchev–Trinajstić information content (AvgIpc) is 2.65. The van der Waals surface area contributed by atoms with Crippen molar-refractivity contribution in [2.75, 3.05) is 5.43 Å². The highest BCUT2D eigenvalue weighted by Gasteiger charge is 2.33. The van der Waals surface area contributed by atoms with E-state index in [0.29, 0.717) is 17.7 Å². The Labute approximate surface area is 156 Å². The molecular weight excluding hydrogens is 381 g/mol. The molecule has 0 spiro atoms. The van der Waals surface area contributed by atoms with E-state index in [1.165, 1.54) is 6.92 Å². The van der Waals surface area contributed by atoms with Crippen LogP contribution in [0.1, 0.15) is 22.8 Å². The van der Waals surface area contributed by atoms with E-state index in [1.54, 1.807) is 30.3 Å². The van der Waals surface area contributed by atoms with Gasteiger partial charge in [-0.3, -0.25) is 30.6 Å². The standard InChI is InChI=1S/C17H15F3N4O4/c1-10(21-16(26)11-5-3-2-4-6-11)15(25)23-22-13-8-7-12(17(18,19)20)9-14(13)24(27)28/h2-10,22H,1H3,(H,21,26)(H,23,25). The fourth-order valence-corrected chi connectivity index (χ4v) is 2.14. The van der Waals surface area contributed by atoms with Crippen molar-refractivity contribution in [3.63, 3.8) is 0 Å². The van der Waals surface area contributed by atoms with E-state index in [0.717, 1.165) is 6.07 Å². The number of halogens is 3. The van der Waals surface area contributed by atoms with Crippen LogP contribution in [0.25, 0.3) is 0 Å². The molecule has 0 saturated carbocycles. The third-order valence-electron chi connectivity index (χ3n) is 3.62. The molecule has 2 rings (SSSR count). The van der Waals surface area contributed by atoms with Crippen molar-refractivity contribution in [2.24, 2.45) is 0 Å². The highest BCUT2D eigenvalue weighted by atomic mass is 19.4. The van der Waals surface area contributed by atoms with Gasteiger partial charge >= 0.3 is 6.18 Å². The molecule has 0 aliphatic heterocycles. The Kier molecular flexibility index (Phi) is 6.18. The monoisotopic (exact) mass is 396 g/mol. The van der Waals surface area contributed by atoms with Crippen LogP contribution in [0.15, 0.2) is 48.5 Å². The van der Waals surface area contributed by atoms with E-state index in [1.807, 2.05) is 0 Å². The summed E-state index contributed by atoms with van der Waals surface area (Å²) in [4.78, 5) is 34.1. The minimum atomic E-state index is -4.75. The van der Waals surface area contributed by atoms with Crippen LogP contribution >= 0.6 is 0 Å². The summed E-state index contributed by atoms with van der Waals surface area (Å²) in [5.74, 6) is -1.26. The smallest absolute Gasteiger partial charge is 0.340 e. The lowest BCUT2D eigenvalue weighted by molar-refractivity contribution is -0.384. The Morgan fingerprint density at radius 1 is 1.11 bits per heavy atom. The van der Waals surface area contributed by atoms with Gasteiger partial charge in [-0.2, -0.15) is 13.2 Å². The highest BCUT2D eigenvalue weighted by molar-refractivity contribution is 5.97. The van der Waals surface area contributed by atoms with Crippen LogP contribution in [0, 0.1) is 10.1 Å². The van der Waals surface area contributed by atoms with Gasteiger partial charge in [0.1, 0.15) is 11.7 Å². The lowest BCUT2D eigenvalue weighted by Crippen LogP contribution is -2.46. The molecule has 2 aromatic carbocycles. The van der Waals surface area contributed by atoms with Gasteiger partial charge in [0.05, 0.1) is 10.5 Å². The summed E-state index contributed by atoms with van der Waals surface area (Å²) in [7, 11) is 0. The largest absolute Gasteiger partial charge is 0.416 e. The molecule has 1 atom stereocenters. The fraction of sp³-hybridized carbons (Fsp3) is 0.176. The summed E-state index contributed by atoms with van der Waals surface area (Å²) < 4.78 is 38.1. The number of carbonyl (C=O) groups excluding carboxylic acids is 2. The van der Waals surface area contributed by atoms with Gasteiger partial charge in [-0.15, -0.1) is 0 Å². The van der Waals surface area contributed by atoms with Crippen molar-refractivity contribution in [2.45, 2.75) is 19.1 Å². The number of rotatable bonds is 6. The molecule has 0 saturated heterocycles. The quantitative estimate of drug-likeness (QED) is 0.513. The molecule has 2 amide bonds. The Morgan fingerprint density at radius 3 is 2.32 bits per heavy atom. The maximum absolute atomic E-state index is 12.7. The van der Waals surface area contributed by atoms with Crippen LogP contribution in [0.2, 0.25) is 0 Å². The number of hydrogen-bond donors (Lipinski definition) is 3. The van der Waals surface area contributed by atoms with Gasteiger partial charge in [-0.25, -0.2) is 0 Å². The van der Waals surface area contributed by atoms with E-state index in [-0.39, 0.29) is 5.69 Å². The average molecular weight is 396 g/mol. The lowest BCUT2D eigenvalue weighted by atomic mass is 10.1. The zero-order valence-electron chi connectivity index (χ0n) is 14.4. The number of nitrogens with zero attached hydrogens (tertiary/aromatic N) is 1. The molecule has 0 fully saturated rings. The maximum atomic E-state index is 12.7. The number of nitrogens with one attached hydrogen (secondary N) is 3. The molecule has 0 aromatic heterocycles. The molecule has 0 radical (unpaired) electrons. The third kappa shape index (κ3) is 5.19. The fourth-order valence-electron chi connectivity index (χ4n) is 2.14. The molecule has 0 bridgehead atoms. The highest BCUT2D eigenvalue weighted by Crippen LogP contribution is 2.34. The first-order chi connectivity index (χ1) is 13.1. The van der Waals surface area contributed by atoms with Gasteiger partial charge in [0, 0.05) is 11.6 Å². The van der Waals surface area contributed by atoms with Crippen molar-refractivity contribution in [3.05, 3.63) is 69.8 Å². The molecule has 0 heterocycles. The van der Waals surface area contributed by atoms with Gasteiger partial charge in [0.25, 0.3) is 17.5 Å². The first kappa shape index (κ1) is 20.7. The lowest BCUT2D eigenvalue weighted by Gasteiger charge is -2.16. The molecule has 3 N–H and O–H groups in total. The minimum absolute atomic E-state index is 0.327. The Bertz CT molecular complexity index is 888. The summed E-state index contributed by atoms with van der Waals surface area (Å²) >= 11 is 0. The number of hydrazine groups is 1. The van der Waals surface area contributed by atoms with E-state index >= 15 is 0 Å². The van der Waals surface area contributed by atoms with E-state index in [4.69, 9.17) is 0 Å². The Hall–Kier alpha value is -3.63. The SMILES string of the molecule is CC(NC(=O)c1ccccc1)C(=O)NNc1ccc(C(F)(F)F)cc1[N+](=O)[O-]. The number of benzene rings is 2. The van der Waals surface area contributed by atoms with Crippen molar-refractivity contribution in [3.8, 4) is 0 Å². The molecule has 8 nitrogen and oxygen atoms in total. The van der Waals surface area contributed by atoms with Gasteiger partial charge in [-0.1, -0.05) is 18.2 Å². The molecule has 0 aliphatic rings. The predicted octanol–water partition coefficient (Wildman–Crippen LogP) is 2.88. The summed E-state index contributed by atoms with van der Waals surface area (Å²) in [6.07, 6.45) is -4.75. The minimum Gasteiger partial charge on any atom is -0.340 e. The zero-order chi connectivity index (χ0) is 20.9. The van der Waals surface area contributed by atoms with E-state index < -0.39 is 40.2 Å². The summed E-state index contributed by atoms with van der Waals surface area (Å²) in [6.45, 7) is 1.37. The zero-order valence-corrected chi connectivity index (χ0v) is 14.4. The summed E-state index contributed by atoms with van der Waals surface area (Å²) in [5.41, 5.74) is 2.25. The van der Waals surface area contributed by atoms with Gasteiger partial charge < -0.3 is 5.32 Å². The number of nitro benzene ring substituents is 1. The van der Waals surface area contributed by atoms with Gasteiger partial charge in [-0.05, 0) is 31.2 Å². The molecule has 2 aromatic rings. The van der Waals surface area contributed by atoms with Crippen molar-refractivity contribution >= 4 is 23.2 Å². The van der Waals surface area contributed by atoms with Crippen molar-refractivity contribution in [1.82, 2.24) is 10.7 Å². The van der Waals surface area contributed by atoms with Gasteiger partial charge in [0.2, 0.25) is 0 Å². The van der Waals surface area contributed by atoms with Crippen LogP contribution in [0.5, 0.6) is 0 Å². The Morgan fingerprint density at radius 2 is 1.75 bits per heavy atom. The maximum Gasteiger partial charge on any atom is 0.416 e. The Balaban J connectivity index is 2.03. The van der Waals surface area contributed by atoms with Crippen molar-refractivity contribution in [1.29, 1.82) is 0 Å². The van der Waals surface area contributed by atoms with E-state index in [2.05, 4.69) is 16.2 Å². The van der Waals surface area contributed by atoms with Crippen LogP contribution < -0.4 is 16.2 Å². The number of nitro groups is 1. The molecule has 11 heteroatoms. The predicted molar refractivity (Wildman–Crippen MR) is 93.2 cm³/mol. The summed E-state index contributed by atoms with van der Waals surface area (Å²) in [6, 6.07) is 8.90. The second-order valence-electron chi connectivity index (χ2n) is 5.66. The number of carbonyl (C=O) groups is 2. The first-order valence-corrected chi connectivity index (χ1v) is 7.87. The van der Waals surface area contributed by atoms with Gasteiger partial charge in [0.15, 0.2) is 0 Å². The van der Waals surface area contributed by atoms with Crippen LogP contribution in [0.4, 0.5) is 24.5 Å². The number of anilines is 1. The second-order valence-corrected chi connectivity index (χ2v) is 5.66. The topological polar surface area (TPSA) is 113 Å². The number of alkyl halides is 3. The first-order valence-electron chi connectivity index (χ1n) is 7.87. The molecular formula is C17H15F3N4O4. The van der Waals surface area contributed by atoms with Crippen LogP contribution in [-0.2, 0) is 11.0 Å². The summed E-state index contributed by atoms with van der Waals surface area (Å²) in [5, 5.41) is 13.4.